The summed E-state index contributed by atoms with van der Waals surface area (Å²) >= 11 is 0. The van der Waals surface area contributed by atoms with E-state index in [1.165, 1.54) is 11.1 Å². The summed E-state index contributed by atoms with van der Waals surface area (Å²) in [5, 5.41) is 6.91. The molecule has 0 aliphatic carbocycles. The van der Waals surface area contributed by atoms with E-state index in [2.05, 4.69) is 84.6 Å². The maximum absolute atomic E-state index is 4.36. The van der Waals surface area contributed by atoms with E-state index in [1.54, 1.807) is 0 Å². The highest BCUT2D eigenvalue weighted by atomic mass is 15.3. The molecule has 1 fully saturated rings. The summed E-state index contributed by atoms with van der Waals surface area (Å²) in [4.78, 5) is 9.18. The Morgan fingerprint density at radius 3 is 2.42 bits per heavy atom. The lowest BCUT2D eigenvalue weighted by molar-refractivity contribution is 0.116. The first kappa shape index (κ1) is 20.7. The Labute approximate surface area is 159 Å². The van der Waals surface area contributed by atoms with Gasteiger partial charge in [-0.3, -0.25) is 9.89 Å². The van der Waals surface area contributed by atoms with E-state index in [9.17, 15) is 0 Å². The Bertz CT molecular complexity index is 573. The molecule has 0 aromatic heterocycles. The Morgan fingerprint density at radius 1 is 1.12 bits per heavy atom. The number of nitrogens with one attached hydrogen (secondary N) is 2. The van der Waals surface area contributed by atoms with Gasteiger partial charge >= 0.3 is 0 Å². The zero-order chi connectivity index (χ0) is 19.2. The lowest BCUT2D eigenvalue weighted by Gasteiger charge is -2.37. The number of benzene rings is 1. The second-order valence-electron chi connectivity index (χ2n) is 8.47. The molecule has 2 N–H and O–H groups in total. The molecular formula is C21H37N5. The average molecular weight is 360 g/mol. The fourth-order valence-corrected chi connectivity index (χ4v) is 3.25. The second kappa shape index (κ2) is 9.38. The van der Waals surface area contributed by atoms with Crippen molar-refractivity contribution in [2.45, 2.75) is 38.6 Å². The molecule has 1 aromatic rings. The van der Waals surface area contributed by atoms with E-state index in [0.29, 0.717) is 6.04 Å². The molecule has 0 saturated carbocycles. The van der Waals surface area contributed by atoms with E-state index < -0.39 is 0 Å². The normalized spacial score (nSPS) is 20.2. The van der Waals surface area contributed by atoms with Crippen LogP contribution >= 0.6 is 0 Å². The summed E-state index contributed by atoms with van der Waals surface area (Å²) in [6.45, 7) is 11.9. The van der Waals surface area contributed by atoms with Gasteiger partial charge in [0.1, 0.15) is 0 Å². The van der Waals surface area contributed by atoms with Crippen LogP contribution in [0.15, 0.2) is 29.3 Å². The van der Waals surface area contributed by atoms with Gasteiger partial charge in [-0.1, -0.05) is 45.0 Å². The summed E-state index contributed by atoms with van der Waals surface area (Å²) in [5.74, 6) is 0.887. The van der Waals surface area contributed by atoms with Crippen molar-refractivity contribution in [3.63, 3.8) is 0 Å². The summed E-state index contributed by atoms with van der Waals surface area (Å²) in [7, 11) is 6.24. The van der Waals surface area contributed by atoms with Gasteiger partial charge in [-0.25, -0.2) is 0 Å². The molecule has 5 nitrogen and oxygen atoms in total. The molecular weight excluding hydrogens is 322 g/mol. The minimum absolute atomic E-state index is 0.211. The highest BCUT2D eigenvalue weighted by Crippen LogP contribution is 2.22. The van der Waals surface area contributed by atoms with Crippen molar-refractivity contribution in [3.05, 3.63) is 35.4 Å². The molecule has 1 aliphatic rings. The molecule has 1 saturated heterocycles. The first-order chi connectivity index (χ1) is 12.3. The number of hydrogen-bond acceptors (Lipinski definition) is 3. The van der Waals surface area contributed by atoms with Gasteiger partial charge in [0.05, 0.1) is 0 Å². The maximum atomic E-state index is 4.36. The quantitative estimate of drug-likeness (QED) is 0.623. The van der Waals surface area contributed by atoms with Gasteiger partial charge in [0, 0.05) is 45.8 Å². The van der Waals surface area contributed by atoms with E-state index in [0.717, 1.165) is 45.1 Å². The molecule has 1 heterocycles. The maximum Gasteiger partial charge on any atom is 0.191 e. The lowest BCUT2D eigenvalue weighted by Crippen LogP contribution is -2.55. The first-order valence-corrected chi connectivity index (χ1v) is 9.72. The summed E-state index contributed by atoms with van der Waals surface area (Å²) in [6, 6.07) is 9.50. The van der Waals surface area contributed by atoms with E-state index >= 15 is 0 Å². The van der Waals surface area contributed by atoms with Crippen molar-refractivity contribution in [2.75, 3.05) is 53.9 Å². The van der Waals surface area contributed by atoms with Crippen LogP contribution in [0.1, 0.15) is 31.9 Å². The monoisotopic (exact) mass is 359 g/mol. The second-order valence-corrected chi connectivity index (χ2v) is 8.47. The number of piperazine rings is 1. The first-order valence-electron chi connectivity index (χ1n) is 9.72. The zero-order valence-electron chi connectivity index (χ0n) is 17.5. The van der Waals surface area contributed by atoms with Crippen LogP contribution in [0.3, 0.4) is 0 Å². The van der Waals surface area contributed by atoms with Crippen molar-refractivity contribution in [2.24, 2.45) is 4.99 Å². The van der Waals surface area contributed by atoms with Crippen molar-refractivity contribution < 1.29 is 0 Å². The van der Waals surface area contributed by atoms with Crippen LogP contribution in [0.4, 0.5) is 0 Å². The van der Waals surface area contributed by atoms with Crippen LogP contribution in [-0.2, 0) is 11.8 Å². The predicted octanol–water partition coefficient (Wildman–Crippen LogP) is 1.94. The molecule has 0 spiro atoms. The van der Waals surface area contributed by atoms with Gasteiger partial charge in [0.2, 0.25) is 0 Å². The van der Waals surface area contributed by atoms with Crippen LogP contribution in [0, 0.1) is 0 Å². The third-order valence-electron chi connectivity index (χ3n) is 5.24. The van der Waals surface area contributed by atoms with Crippen LogP contribution < -0.4 is 10.6 Å². The van der Waals surface area contributed by atoms with Gasteiger partial charge in [-0.15, -0.1) is 0 Å². The van der Waals surface area contributed by atoms with Gasteiger partial charge < -0.3 is 15.5 Å². The SMILES string of the molecule is CN=C(NCCc1ccc(C(C)(C)C)cc1)NCC1CN(C)CCN1C. The number of likely N-dealkylation sites (N-methyl/N-ethyl adjacent to an activating group) is 2. The van der Waals surface area contributed by atoms with E-state index in [-0.39, 0.29) is 5.41 Å². The molecule has 26 heavy (non-hydrogen) atoms. The van der Waals surface area contributed by atoms with Crippen molar-refractivity contribution in [1.82, 2.24) is 20.4 Å². The molecule has 5 heteroatoms. The average Bonchev–Trinajstić information content (AvgIpc) is 2.60. The fraction of sp³-hybridized carbons (Fsp3) is 0.667. The lowest BCUT2D eigenvalue weighted by atomic mass is 9.86. The largest absolute Gasteiger partial charge is 0.356 e. The minimum atomic E-state index is 0.211. The number of aliphatic imine (C=N–C) groups is 1. The molecule has 0 bridgehead atoms. The number of guanidine groups is 1. The Kier molecular flexibility index (Phi) is 7.47. The van der Waals surface area contributed by atoms with Crippen LogP contribution in [0.25, 0.3) is 0 Å². The third-order valence-corrected chi connectivity index (χ3v) is 5.24. The Hall–Kier alpha value is -1.59. The predicted molar refractivity (Wildman–Crippen MR) is 112 cm³/mol. The van der Waals surface area contributed by atoms with Gasteiger partial charge in [0.15, 0.2) is 5.96 Å². The zero-order valence-corrected chi connectivity index (χ0v) is 17.5. The number of hydrogen-bond donors (Lipinski definition) is 2. The van der Waals surface area contributed by atoms with Crippen LogP contribution in [0.5, 0.6) is 0 Å². The van der Waals surface area contributed by atoms with Gasteiger partial charge in [-0.2, -0.15) is 0 Å². The molecule has 1 atom stereocenters. The van der Waals surface area contributed by atoms with E-state index in [1.807, 2.05) is 7.05 Å². The highest BCUT2D eigenvalue weighted by Gasteiger charge is 2.22. The summed E-state index contributed by atoms with van der Waals surface area (Å²) in [6.07, 6.45) is 0.997. The highest BCUT2D eigenvalue weighted by molar-refractivity contribution is 5.79. The molecule has 2 rings (SSSR count). The number of rotatable bonds is 5. The fourth-order valence-electron chi connectivity index (χ4n) is 3.25. The molecule has 1 aliphatic heterocycles. The third kappa shape index (κ3) is 6.29. The molecule has 1 unspecified atom stereocenters. The molecule has 0 amide bonds. The van der Waals surface area contributed by atoms with Crippen LogP contribution in [-0.4, -0.2) is 75.7 Å². The smallest absolute Gasteiger partial charge is 0.191 e. The molecule has 1 aromatic carbocycles. The standard InChI is InChI=1S/C21H37N5/c1-21(2,3)18-9-7-17(8-10-18)11-12-23-20(22-4)24-15-19-16-25(5)13-14-26(19)6/h7-10,19H,11-16H2,1-6H3,(H2,22,23,24). The molecule has 146 valence electrons. The van der Waals surface area contributed by atoms with Crippen LogP contribution in [0.2, 0.25) is 0 Å². The van der Waals surface area contributed by atoms with Gasteiger partial charge in [0.25, 0.3) is 0 Å². The molecule has 0 radical (unpaired) electrons. The summed E-state index contributed by atoms with van der Waals surface area (Å²) in [5.41, 5.74) is 2.95. The van der Waals surface area contributed by atoms with Crippen molar-refractivity contribution in [1.29, 1.82) is 0 Å². The van der Waals surface area contributed by atoms with E-state index in [4.69, 9.17) is 0 Å². The Balaban J connectivity index is 1.75. The van der Waals surface area contributed by atoms with Crippen molar-refractivity contribution >= 4 is 5.96 Å². The topological polar surface area (TPSA) is 42.9 Å². The van der Waals surface area contributed by atoms with Gasteiger partial charge in [-0.05, 0) is 37.1 Å². The van der Waals surface area contributed by atoms with Crippen molar-refractivity contribution in [3.8, 4) is 0 Å². The minimum Gasteiger partial charge on any atom is -0.356 e. The summed E-state index contributed by atoms with van der Waals surface area (Å²) < 4.78 is 0. The number of nitrogens with zero attached hydrogens (tertiary/aromatic N) is 3. The Morgan fingerprint density at radius 2 is 1.81 bits per heavy atom.